The van der Waals surface area contributed by atoms with Crippen molar-refractivity contribution in [3.63, 3.8) is 0 Å². The smallest absolute Gasteiger partial charge is 0.255 e. The van der Waals surface area contributed by atoms with Gasteiger partial charge in [-0.05, 0) is 6.07 Å². The van der Waals surface area contributed by atoms with Crippen LogP contribution in [0, 0.1) is 0 Å². The van der Waals surface area contributed by atoms with Crippen molar-refractivity contribution in [2.75, 3.05) is 6.54 Å². The lowest BCUT2D eigenvalue weighted by Gasteiger charge is -1.92. The van der Waals surface area contributed by atoms with Gasteiger partial charge in [-0.2, -0.15) is 0 Å². The van der Waals surface area contributed by atoms with Crippen molar-refractivity contribution < 1.29 is 0 Å². The molecular formula is C8H9ClN2O. The summed E-state index contributed by atoms with van der Waals surface area (Å²) >= 11 is 5.66. The van der Waals surface area contributed by atoms with Crippen LogP contribution in [-0.2, 0) is 0 Å². The maximum Gasteiger partial charge on any atom is 0.255 e. The van der Waals surface area contributed by atoms with Crippen LogP contribution >= 0.6 is 11.6 Å². The highest BCUT2D eigenvalue weighted by Crippen LogP contribution is 2.05. The second-order valence-electron chi connectivity index (χ2n) is 2.24. The van der Waals surface area contributed by atoms with Crippen molar-refractivity contribution in [3.05, 3.63) is 39.3 Å². The molecule has 0 atom stereocenters. The van der Waals surface area contributed by atoms with Crippen LogP contribution < -0.4 is 11.3 Å². The quantitative estimate of drug-likeness (QED) is 0.721. The minimum absolute atomic E-state index is 0.163. The number of hydrogen-bond donors (Lipinski definition) is 2. The molecule has 1 aromatic heterocycles. The first-order valence-electron chi connectivity index (χ1n) is 3.49. The standard InChI is InChI=1S/C8H9ClN2O/c9-7-4-6(2-1-3-10)8(12)11-5-7/h1-2,4-5H,3,10H2,(H,11,12). The van der Waals surface area contributed by atoms with Gasteiger partial charge in [0.2, 0.25) is 0 Å². The maximum atomic E-state index is 11.1. The highest BCUT2D eigenvalue weighted by molar-refractivity contribution is 6.30. The molecule has 0 radical (unpaired) electrons. The lowest BCUT2D eigenvalue weighted by atomic mass is 10.2. The van der Waals surface area contributed by atoms with E-state index in [2.05, 4.69) is 4.98 Å². The molecule has 0 saturated heterocycles. The topological polar surface area (TPSA) is 58.9 Å². The Morgan fingerprint density at radius 2 is 2.42 bits per heavy atom. The minimum Gasteiger partial charge on any atom is -0.327 e. The fraction of sp³-hybridized carbons (Fsp3) is 0.125. The van der Waals surface area contributed by atoms with Crippen LogP contribution in [0.1, 0.15) is 5.56 Å². The highest BCUT2D eigenvalue weighted by atomic mass is 35.5. The van der Waals surface area contributed by atoms with Crippen LogP contribution in [0.2, 0.25) is 5.02 Å². The molecule has 0 bridgehead atoms. The average molecular weight is 185 g/mol. The Kier molecular flexibility index (Phi) is 3.08. The van der Waals surface area contributed by atoms with Crippen LogP contribution in [0.4, 0.5) is 0 Å². The second-order valence-corrected chi connectivity index (χ2v) is 2.68. The number of nitrogens with one attached hydrogen (secondary N) is 1. The molecule has 1 rings (SSSR count). The van der Waals surface area contributed by atoms with Gasteiger partial charge in [0.15, 0.2) is 0 Å². The molecule has 3 nitrogen and oxygen atoms in total. The number of pyridine rings is 1. The number of aromatic amines is 1. The van der Waals surface area contributed by atoms with Gasteiger partial charge in [-0.15, -0.1) is 0 Å². The third kappa shape index (κ3) is 2.22. The zero-order valence-electron chi connectivity index (χ0n) is 6.38. The van der Waals surface area contributed by atoms with Crippen LogP contribution in [0.5, 0.6) is 0 Å². The van der Waals surface area contributed by atoms with Crippen molar-refractivity contribution in [3.8, 4) is 0 Å². The number of hydrogen-bond acceptors (Lipinski definition) is 2. The van der Waals surface area contributed by atoms with E-state index in [-0.39, 0.29) is 5.56 Å². The van der Waals surface area contributed by atoms with Gasteiger partial charge >= 0.3 is 0 Å². The molecule has 0 aliphatic carbocycles. The molecule has 4 heteroatoms. The van der Waals surface area contributed by atoms with Gasteiger partial charge in [0.1, 0.15) is 0 Å². The third-order valence-electron chi connectivity index (χ3n) is 1.33. The first-order chi connectivity index (χ1) is 5.74. The van der Waals surface area contributed by atoms with Gasteiger partial charge in [-0.1, -0.05) is 23.8 Å². The van der Waals surface area contributed by atoms with Gasteiger partial charge in [0.05, 0.1) is 5.02 Å². The summed E-state index contributed by atoms with van der Waals surface area (Å²) in [7, 11) is 0. The molecule has 1 aromatic rings. The molecule has 0 aliphatic rings. The van der Waals surface area contributed by atoms with Crippen LogP contribution in [-0.4, -0.2) is 11.5 Å². The molecule has 0 aromatic carbocycles. The van der Waals surface area contributed by atoms with E-state index in [1.165, 1.54) is 6.20 Å². The number of H-pyrrole nitrogens is 1. The predicted octanol–water partition coefficient (Wildman–Crippen LogP) is 1.00. The highest BCUT2D eigenvalue weighted by Gasteiger charge is 1.94. The Morgan fingerprint density at radius 3 is 3.08 bits per heavy atom. The molecule has 0 unspecified atom stereocenters. The van der Waals surface area contributed by atoms with E-state index in [0.29, 0.717) is 17.1 Å². The number of halogens is 1. The van der Waals surface area contributed by atoms with Gasteiger partial charge in [-0.3, -0.25) is 4.79 Å². The lowest BCUT2D eigenvalue weighted by molar-refractivity contribution is 1.22. The summed E-state index contributed by atoms with van der Waals surface area (Å²) in [6, 6.07) is 1.59. The van der Waals surface area contributed by atoms with E-state index in [4.69, 9.17) is 17.3 Å². The molecule has 3 N–H and O–H groups in total. The normalized spacial score (nSPS) is 10.8. The summed E-state index contributed by atoms with van der Waals surface area (Å²) in [5.41, 5.74) is 5.59. The van der Waals surface area contributed by atoms with Crippen LogP contribution in [0.3, 0.4) is 0 Å². The summed E-state index contributed by atoms with van der Waals surface area (Å²) in [6.45, 7) is 0.409. The molecule has 12 heavy (non-hydrogen) atoms. The van der Waals surface area contributed by atoms with E-state index in [1.807, 2.05) is 0 Å². The molecule has 1 heterocycles. The van der Waals surface area contributed by atoms with Crippen molar-refractivity contribution in [2.24, 2.45) is 5.73 Å². The van der Waals surface area contributed by atoms with Gasteiger partial charge < -0.3 is 10.7 Å². The zero-order chi connectivity index (χ0) is 8.97. The predicted molar refractivity (Wildman–Crippen MR) is 50.2 cm³/mol. The van der Waals surface area contributed by atoms with Gasteiger partial charge in [-0.25, -0.2) is 0 Å². The minimum atomic E-state index is -0.163. The van der Waals surface area contributed by atoms with Crippen molar-refractivity contribution >= 4 is 17.7 Å². The first kappa shape index (κ1) is 9.03. The Hall–Kier alpha value is -1.06. The second kappa shape index (κ2) is 4.09. The summed E-state index contributed by atoms with van der Waals surface area (Å²) in [4.78, 5) is 13.6. The molecule has 0 fully saturated rings. The van der Waals surface area contributed by atoms with E-state index in [0.717, 1.165) is 0 Å². The van der Waals surface area contributed by atoms with Crippen molar-refractivity contribution in [1.82, 2.24) is 4.98 Å². The fourth-order valence-electron chi connectivity index (χ4n) is 0.792. The monoisotopic (exact) mass is 184 g/mol. The van der Waals surface area contributed by atoms with Crippen LogP contribution in [0.15, 0.2) is 23.1 Å². The number of aromatic nitrogens is 1. The van der Waals surface area contributed by atoms with E-state index < -0.39 is 0 Å². The molecule has 0 spiro atoms. The Morgan fingerprint density at radius 1 is 1.67 bits per heavy atom. The lowest BCUT2D eigenvalue weighted by Crippen LogP contribution is -2.07. The van der Waals surface area contributed by atoms with E-state index in [1.54, 1.807) is 18.2 Å². The van der Waals surface area contributed by atoms with Crippen molar-refractivity contribution in [2.45, 2.75) is 0 Å². The van der Waals surface area contributed by atoms with Gasteiger partial charge in [0, 0.05) is 18.3 Å². The Labute approximate surface area is 74.9 Å². The molecule has 0 saturated carbocycles. The summed E-state index contributed by atoms with van der Waals surface area (Å²) in [5, 5.41) is 0.506. The first-order valence-corrected chi connectivity index (χ1v) is 3.86. The Balaban J connectivity index is 3.06. The molecule has 0 amide bonds. The third-order valence-corrected chi connectivity index (χ3v) is 1.55. The van der Waals surface area contributed by atoms with Gasteiger partial charge in [0.25, 0.3) is 5.56 Å². The fourth-order valence-corrected chi connectivity index (χ4v) is 0.965. The van der Waals surface area contributed by atoms with Crippen LogP contribution in [0.25, 0.3) is 6.08 Å². The summed E-state index contributed by atoms with van der Waals surface area (Å²) < 4.78 is 0. The number of nitrogens with two attached hydrogens (primary N) is 1. The van der Waals surface area contributed by atoms with E-state index in [9.17, 15) is 4.79 Å². The SMILES string of the molecule is NCC=Cc1cc(Cl)c[nH]c1=O. The molecule has 64 valence electrons. The maximum absolute atomic E-state index is 11.1. The Bertz CT molecular complexity index is 343. The summed E-state index contributed by atoms with van der Waals surface area (Å²) in [5.74, 6) is 0. The largest absolute Gasteiger partial charge is 0.327 e. The molecular weight excluding hydrogens is 176 g/mol. The average Bonchev–Trinajstić information content (AvgIpc) is 2.07. The summed E-state index contributed by atoms with van der Waals surface area (Å²) in [6.07, 6.45) is 4.79. The number of rotatable bonds is 2. The van der Waals surface area contributed by atoms with Crippen molar-refractivity contribution in [1.29, 1.82) is 0 Å². The van der Waals surface area contributed by atoms with E-state index >= 15 is 0 Å². The zero-order valence-corrected chi connectivity index (χ0v) is 7.14. The molecule has 0 aliphatic heterocycles.